The third-order valence-electron chi connectivity index (χ3n) is 6.56. The summed E-state index contributed by atoms with van der Waals surface area (Å²) in [5.74, 6) is 0.0682. The van der Waals surface area contributed by atoms with E-state index >= 15 is 0 Å². The van der Waals surface area contributed by atoms with Crippen LogP contribution in [0.4, 0.5) is 0 Å². The van der Waals surface area contributed by atoms with Crippen molar-refractivity contribution in [1.82, 2.24) is 0 Å². The Balaban J connectivity index is 1.50. The zero-order chi connectivity index (χ0) is 23.6. The third kappa shape index (κ3) is 12.6. The van der Waals surface area contributed by atoms with Gasteiger partial charge in [0.1, 0.15) is 0 Å². The molecular weight excluding hydrogens is 400 g/mol. The number of aryl methyl sites for hydroxylation is 2. The van der Waals surface area contributed by atoms with Crippen LogP contribution in [-0.4, -0.2) is 5.78 Å². The van der Waals surface area contributed by atoms with Gasteiger partial charge in [-0.15, -0.1) is 0 Å². The molecule has 0 bridgehead atoms. The van der Waals surface area contributed by atoms with Crippen LogP contribution in [-0.2, 0) is 6.42 Å². The summed E-state index contributed by atoms with van der Waals surface area (Å²) in [5, 5.41) is 0. The van der Waals surface area contributed by atoms with E-state index < -0.39 is 0 Å². The Hall–Kier alpha value is -2.15. The van der Waals surface area contributed by atoms with Gasteiger partial charge in [0.05, 0.1) is 0 Å². The molecule has 2 rings (SSSR count). The number of carbonyl (C=O) groups excluding carboxylic acids is 1. The van der Waals surface area contributed by atoms with Gasteiger partial charge in [0.2, 0.25) is 0 Å². The molecule has 0 aliphatic rings. The summed E-state index contributed by atoms with van der Waals surface area (Å²) in [4.78, 5) is 12.4. The van der Waals surface area contributed by atoms with Gasteiger partial charge in [0.25, 0.3) is 0 Å². The maximum Gasteiger partial charge on any atom is 0.185 e. The van der Waals surface area contributed by atoms with E-state index in [0.717, 1.165) is 17.5 Å². The standard InChI is InChI=1S/C32H46O/c1-3-4-5-6-7-8-9-10-11-12-13-14-15-16-17-29-22-25-31(26-23-29)32(33)27-24-30-20-18-28(2)19-21-30/h18-27H,3-17H2,1-2H3. The maximum absolute atomic E-state index is 12.4. The van der Waals surface area contributed by atoms with Gasteiger partial charge in [-0.05, 0) is 37.0 Å². The number of benzene rings is 2. The predicted octanol–water partition coefficient (Wildman–Crippen LogP) is 9.91. The lowest BCUT2D eigenvalue weighted by Gasteiger charge is -2.04. The lowest BCUT2D eigenvalue weighted by molar-refractivity contribution is 0.104. The predicted molar refractivity (Wildman–Crippen MR) is 145 cm³/mol. The van der Waals surface area contributed by atoms with Crippen molar-refractivity contribution >= 4 is 11.9 Å². The summed E-state index contributed by atoms with van der Waals surface area (Å²) in [6.45, 7) is 4.35. The molecule has 33 heavy (non-hydrogen) atoms. The first kappa shape index (κ1) is 27.1. The highest BCUT2D eigenvalue weighted by Gasteiger charge is 2.02. The number of hydrogen-bond acceptors (Lipinski definition) is 1. The first-order valence-electron chi connectivity index (χ1n) is 13.6. The van der Waals surface area contributed by atoms with Gasteiger partial charge in [0.15, 0.2) is 5.78 Å². The van der Waals surface area contributed by atoms with Crippen molar-refractivity contribution in [3.05, 3.63) is 76.9 Å². The fourth-order valence-electron chi connectivity index (χ4n) is 4.31. The van der Waals surface area contributed by atoms with Gasteiger partial charge < -0.3 is 0 Å². The van der Waals surface area contributed by atoms with Crippen molar-refractivity contribution in [2.75, 3.05) is 0 Å². The topological polar surface area (TPSA) is 17.1 Å². The van der Waals surface area contributed by atoms with Crippen LogP contribution in [0.2, 0.25) is 0 Å². The SMILES string of the molecule is CCCCCCCCCCCCCCCCc1ccc(C(=O)C=Cc2ccc(C)cc2)cc1. The lowest BCUT2D eigenvalue weighted by Crippen LogP contribution is -1.95. The Morgan fingerprint density at radius 3 is 1.64 bits per heavy atom. The number of ketones is 1. The zero-order valence-electron chi connectivity index (χ0n) is 21.3. The summed E-state index contributed by atoms with van der Waals surface area (Å²) in [6.07, 6.45) is 24.2. The molecule has 1 nitrogen and oxygen atoms in total. The highest BCUT2D eigenvalue weighted by Crippen LogP contribution is 2.15. The van der Waals surface area contributed by atoms with E-state index in [1.165, 1.54) is 101 Å². The minimum absolute atomic E-state index is 0.0682. The van der Waals surface area contributed by atoms with Gasteiger partial charge in [-0.3, -0.25) is 4.79 Å². The molecule has 0 aliphatic carbocycles. The summed E-state index contributed by atoms with van der Waals surface area (Å²) in [6, 6.07) is 16.4. The fourth-order valence-corrected chi connectivity index (χ4v) is 4.31. The number of carbonyl (C=O) groups is 1. The molecule has 0 aliphatic heterocycles. The second-order valence-corrected chi connectivity index (χ2v) is 9.65. The third-order valence-corrected chi connectivity index (χ3v) is 6.56. The van der Waals surface area contributed by atoms with Crippen molar-refractivity contribution in [3.8, 4) is 0 Å². The Morgan fingerprint density at radius 2 is 1.12 bits per heavy atom. The average molecular weight is 447 g/mol. The van der Waals surface area contributed by atoms with Gasteiger partial charge in [-0.25, -0.2) is 0 Å². The Bertz CT molecular complexity index is 782. The van der Waals surface area contributed by atoms with Crippen LogP contribution >= 0.6 is 0 Å². The van der Waals surface area contributed by atoms with E-state index in [0.29, 0.717) is 0 Å². The summed E-state index contributed by atoms with van der Waals surface area (Å²) in [5.41, 5.74) is 4.40. The monoisotopic (exact) mass is 446 g/mol. The number of hydrogen-bond donors (Lipinski definition) is 0. The largest absolute Gasteiger partial charge is 0.289 e. The Kier molecular flexibility index (Phi) is 14.2. The number of allylic oxidation sites excluding steroid dienone is 1. The van der Waals surface area contributed by atoms with Gasteiger partial charge >= 0.3 is 0 Å². The van der Waals surface area contributed by atoms with Crippen LogP contribution in [0, 0.1) is 6.92 Å². The second kappa shape index (κ2) is 17.3. The van der Waals surface area contributed by atoms with Crippen LogP contribution in [0.3, 0.4) is 0 Å². The average Bonchev–Trinajstić information content (AvgIpc) is 2.84. The molecule has 0 saturated heterocycles. The number of unbranched alkanes of at least 4 members (excludes halogenated alkanes) is 13. The van der Waals surface area contributed by atoms with Gasteiger partial charge in [-0.1, -0.05) is 151 Å². The minimum Gasteiger partial charge on any atom is -0.289 e. The molecule has 0 saturated carbocycles. The lowest BCUT2D eigenvalue weighted by atomic mass is 10.0. The molecule has 180 valence electrons. The molecule has 1 heteroatoms. The molecule has 0 radical (unpaired) electrons. The minimum atomic E-state index is 0.0682. The van der Waals surface area contributed by atoms with Crippen molar-refractivity contribution in [2.24, 2.45) is 0 Å². The highest BCUT2D eigenvalue weighted by molar-refractivity contribution is 6.06. The smallest absolute Gasteiger partial charge is 0.185 e. The van der Waals surface area contributed by atoms with Crippen LogP contribution in [0.1, 0.15) is 124 Å². The van der Waals surface area contributed by atoms with Crippen LogP contribution in [0.15, 0.2) is 54.6 Å². The molecule has 2 aromatic rings. The molecule has 0 unspecified atom stereocenters. The zero-order valence-corrected chi connectivity index (χ0v) is 21.3. The second-order valence-electron chi connectivity index (χ2n) is 9.65. The van der Waals surface area contributed by atoms with Crippen LogP contribution in [0.25, 0.3) is 6.08 Å². The highest BCUT2D eigenvalue weighted by atomic mass is 16.1. The molecule has 0 atom stereocenters. The first-order chi connectivity index (χ1) is 16.2. The summed E-state index contributed by atoms with van der Waals surface area (Å²) in [7, 11) is 0. The van der Waals surface area contributed by atoms with Crippen molar-refractivity contribution in [2.45, 2.75) is 110 Å². The van der Waals surface area contributed by atoms with Crippen molar-refractivity contribution in [3.63, 3.8) is 0 Å². The van der Waals surface area contributed by atoms with E-state index in [4.69, 9.17) is 0 Å². The molecule has 0 aromatic heterocycles. The van der Waals surface area contributed by atoms with E-state index in [9.17, 15) is 4.79 Å². The molecular formula is C32H46O. The van der Waals surface area contributed by atoms with E-state index in [1.54, 1.807) is 6.08 Å². The molecule has 0 fully saturated rings. The summed E-state index contributed by atoms with van der Waals surface area (Å²) >= 11 is 0. The maximum atomic E-state index is 12.4. The van der Waals surface area contributed by atoms with Crippen molar-refractivity contribution in [1.29, 1.82) is 0 Å². The Morgan fingerprint density at radius 1 is 0.636 bits per heavy atom. The molecule has 0 amide bonds. The normalized spacial score (nSPS) is 11.3. The number of rotatable bonds is 18. The van der Waals surface area contributed by atoms with Crippen molar-refractivity contribution < 1.29 is 4.79 Å². The van der Waals surface area contributed by atoms with E-state index in [2.05, 4.69) is 38.1 Å². The summed E-state index contributed by atoms with van der Waals surface area (Å²) < 4.78 is 0. The van der Waals surface area contributed by atoms with Gasteiger partial charge in [0, 0.05) is 5.56 Å². The van der Waals surface area contributed by atoms with E-state index in [-0.39, 0.29) is 5.78 Å². The van der Waals surface area contributed by atoms with E-state index in [1.807, 2.05) is 30.3 Å². The van der Waals surface area contributed by atoms with Crippen LogP contribution in [0.5, 0.6) is 0 Å². The molecule has 0 N–H and O–H groups in total. The molecule has 0 spiro atoms. The molecule has 2 aromatic carbocycles. The fraction of sp³-hybridized carbons (Fsp3) is 0.531. The van der Waals surface area contributed by atoms with Crippen LogP contribution < -0.4 is 0 Å². The quantitative estimate of drug-likeness (QED) is 0.126. The van der Waals surface area contributed by atoms with Gasteiger partial charge in [-0.2, -0.15) is 0 Å². The first-order valence-corrected chi connectivity index (χ1v) is 13.6. The Labute approximate surface area is 203 Å². The molecule has 0 heterocycles.